The zero-order valence-electron chi connectivity index (χ0n) is 14.8. The van der Waals surface area contributed by atoms with Gasteiger partial charge in [-0.15, -0.1) is 0 Å². The SMILES string of the molecule is CC(C)(C)OC(=O)COc1cc(CO)cc(OCc2ccccc2)c1. The zero-order chi connectivity index (χ0) is 18.3. The molecule has 0 fully saturated rings. The summed E-state index contributed by atoms with van der Waals surface area (Å²) in [6, 6.07) is 14.9. The molecule has 0 radical (unpaired) electrons. The van der Waals surface area contributed by atoms with E-state index >= 15 is 0 Å². The van der Waals surface area contributed by atoms with Crippen molar-refractivity contribution in [1.29, 1.82) is 0 Å². The maximum absolute atomic E-state index is 11.8. The number of aliphatic hydroxyl groups excluding tert-OH is 1. The number of aliphatic hydroxyl groups is 1. The molecule has 0 saturated heterocycles. The van der Waals surface area contributed by atoms with Crippen molar-refractivity contribution in [2.75, 3.05) is 6.61 Å². The average Bonchev–Trinajstić information content (AvgIpc) is 2.57. The summed E-state index contributed by atoms with van der Waals surface area (Å²) in [5, 5.41) is 9.40. The van der Waals surface area contributed by atoms with Crippen LogP contribution in [0.15, 0.2) is 48.5 Å². The number of carbonyl (C=O) groups is 1. The maximum atomic E-state index is 11.8. The highest BCUT2D eigenvalue weighted by molar-refractivity contribution is 5.71. The van der Waals surface area contributed by atoms with Gasteiger partial charge in [-0.25, -0.2) is 4.79 Å². The molecule has 2 aromatic carbocycles. The van der Waals surface area contributed by atoms with Gasteiger partial charge in [0.25, 0.3) is 0 Å². The molecule has 0 aliphatic rings. The smallest absolute Gasteiger partial charge is 0.344 e. The summed E-state index contributed by atoms with van der Waals surface area (Å²) in [6.07, 6.45) is 0. The molecule has 25 heavy (non-hydrogen) atoms. The molecule has 2 aromatic rings. The van der Waals surface area contributed by atoms with Gasteiger partial charge < -0.3 is 19.3 Å². The minimum absolute atomic E-state index is 0.147. The van der Waals surface area contributed by atoms with E-state index < -0.39 is 11.6 Å². The highest BCUT2D eigenvalue weighted by Gasteiger charge is 2.16. The van der Waals surface area contributed by atoms with Gasteiger partial charge in [0.15, 0.2) is 6.61 Å². The molecule has 0 aromatic heterocycles. The second kappa shape index (κ2) is 8.53. The second-order valence-electron chi connectivity index (χ2n) is 6.62. The van der Waals surface area contributed by atoms with Crippen molar-refractivity contribution in [2.45, 2.75) is 39.6 Å². The van der Waals surface area contributed by atoms with Gasteiger partial charge in [-0.2, -0.15) is 0 Å². The summed E-state index contributed by atoms with van der Waals surface area (Å²) in [5.74, 6) is 0.559. The van der Waals surface area contributed by atoms with E-state index in [1.165, 1.54) is 0 Å². The Morgan fingerprint density at radius 3 is 2.20 bits per heavy atom. The van der Waals surface area contributed by atoms with Crippen LogP contribution in [0.25, 0.3) is 0 Å². The number of benzene rings is 2. The van der Waals surface area contributed by atoms with Gasteiger partial charge in [0.05, 0.1) is 6.61 Å². The van der Waals surface area contributed by atoms with Gasteiger partial charge in [0.1, 0.15) is 23.7 Å². The summed E-state index contributed by atoms with van der Waals surface area (Å²) in [5.41, 5.74) is 1.12. The summed E-state index contributed by atoms with van der Waals surface area (Å²) < 4.78 is 16.4. The number of esters is 1. The first-order valence-corrected chi connectivity index (χ1v) is 8.12. The Labute approximate surface area is 148 Å². The fraction of sp³-hybridized carbons (Fsp3) is 0.350. The number of ether oxygens (including phenoxy) is 3. The summed E-state index contributed by atoms with van der Waals surface area (Å²) in [7, 11) is 0. The van der Waals surface area contributed by atoms with Crippen LogP contribution in [0.5, 0.6) is 11.5 Å². The Bertz CT molecular complexity index is 689. The van der Waals surface area contributed by atoms with E-state index in [-0.39, 0.29) is 13.2 Å². The first-order chi connectivity index (χ1) is 11.9. The summed E-state index contributed by atoms with van der Waals surface area (Å²) >= 11 is 0. The van der Waals surface area contributed by atoms with Crippen LogP contribution < -0.4 is 9.47 Å². The lowest BCUT2D eigenvalue weighted by molar-refractivity contribution is -0.157. The molecular weight excluding hydrogens is 320 g/mol. The van der Waals surface area contributed by atoms with Crippen LogP contribution in [0.2, 0.25) is 0 Å². The number of rotatable bonds is 7. The first-order valence-electron chi connectivity index (χ1n) is 8.12. The lowest BCUT2D eigenvalue weighted by atomic mass is 10.2. The van der Waals surface area contributed by atoms with Crippen molar-refractivity contribution >= 4 is 5.97 Å². The standard InChI is InChI=1S/C20H24O5/c1-20(2,3)25-19(22)14-24-18-10-16(12-21)9-17(11-18)23-13-15-7-5-4-6-8-15/h4-11,21H,12-14H2,1-3H3. The fourth-order valence-corrected chi connectivity index (χ4v) is 2.14. The van der Waals surface area contributed by atoms with Crippen LogP contribution in [0, 0.1) is 0 Å². The molecule has 0 saturated carbocycles. The van der Waals surface area contributed by atoms with Gasteiger partial charge in [-0.1, -0.05) is 30.3 Å². The fourth-order valence-electron chi connectivity index (χ4n) is 2.14. The number of hydrogen-bond donors (Lipinski definition) is 1. The molecule has 5 heteroatoms. The zero-order valence-corrected chi connectivity index (χ0v) is 14.8. The molecule has 0 bridgehead atoms. The quantitative estimate of drug-likeness (QED) is 0.779. The topological polar surface area (TPSA) is 65.0 Å². The monoisotopic (exact) mass is 344 g/mol. The van der Waals surface area contributed by atoms with Crippen molar-refractivity contribution in [2.24, 2.45) is 0 Å². The summed E-state index contributed by atoms with van der Waals surface area (Å²) in [4.78, 5) is 11.8. The van der Waals surface area contributed by atoms with Gasteiger partial charge in [0, 0.05) is 6.07 Å². The maximum Gasteiger partial charge on any atom is 0.344 e. The second-order valence-corrected chi connectivity index (χ2v) is 6.62. The first kappa shape index (κ1) is 18.8. The van der Waals surface area contributed by atoms with Crippen LogP contribution in [0.1, 0.15) is 31.9 Å². The van der Waals surface area contributed by atoms with Crippen LogP contribution >= 0.6 is 0 Å². The van der Waals surface area contributed by atoms with Gasteiger partial charge >= 0.3 is 5.97 Å². The van der Waals surface area contributed by atoms with Crippen molar-refractivity contribution < 1.29 is 24.1 Å². The highest BCUT2D eigenvalue weighted by atomic mass is 16.6. The number of hydrogen-bond acceptors (Lipinski definition) is 5. The lowest BCUT2D eigenvalue weighted by Gasteiger charge is -2.19. The van der Waals surface area contributed by atoms with Crippen molar-refractivity contribution in [3.8, 4) is 11.5 Å². The molecule has 0 aliphatic carbocycles. The van der Waals surface area contributed by atoms with Crippen LogP contribution in [-0.2, 0) is 22.7 Å². The third kappa shape index (κ3) is 6.85. The Kier molecular flexibility index (Phi) is 6.42. The molecule has 0 unspecified atom stereocenters. The predicted octanol–water partition coefficient (Wildman–Crippen LogP) is 3.48. The Balaban J connectivity index is 2.00. The van der Waals surface area contributed by atoms with Crippen molar-refractivity contribution in [1.82, 2.24) is 0 Å². The van der Waals surface area contributed by atoms with Crippen LogP contribution in [0.4, 0.5) is 0 Å². The number of carbonyl (C=O) groups excluding carboxylic acids is 1. The summed E-state index contributed by atoms with van der Waals surface area (Å²) in [6.45, 7) is 5.45. The molecular formula is C20H24O5. The lowest BCUT2D eigenvalue weighted by Crippen LogP contribution is -2.27. The van der Waals surface area contributed by atoms with E-state index in [0.29, 0.717) is 23.7 Å². The molecule has 0 atom stereocenters. The van der Waals surface area contributed by atoms with Crippen LogP contribution in [-0.4, -0.2) is 23.3 Å². The molecule has 134 valence electrons. The van der Waals surface area contributed by atoms with E-state index in [1.807, 2.05) is 30.3 Å². The molecule has 0 spiro atoms. The minimum Gasteiger partial charge on any atom is -0.489 e. The van der Waals surface area contributed by atoms with Gasteiger partial charge in [-0.3, -0.25) is 0 Å². The molecule has 0 heterocycles. The molecule has 1 N–H and O–H groups in total. The molecule has 0 amide bonds. The molecule has 0 aliphatic heterocycles. The van der Waals surface area contributed by atoms with E-state index in [0.717, 1.165) is 5.56 Å². The van der Waals surface area contributed by atoms with Gasteiger partial charge in [0.2, 0.25) is 0 Å². The highest BCUT2D eigenvalue weighted by Crippen LogP contribution is 2.24. The molecule has 2 rings (SSSR count). The van der Waals surface area contributed by atoms with E-state index in [4.69, 9.17) is 14.2 Å². The van der Waals surface area contributed by atoms with Crippen molar-refractivity contribution in [3.63, 3.8) is 0 Å². The van der Waals surface area contributed by atoms with Crippen LogP contribution in [0.3, 0.4) is 0 Å². The third-order valence-electron chi connectivity index (χ3n) is 3.15. The molecule has 5 nitrogen and oxygen atoms in total. The normalized spacial score (nSPS) is 11.0. The third-order valence-corrected chi connectivity index (χ3v) is 3.15. The Hall–Kier alpha value is -2.53. The Morgan fingerprint density at radius 1 is 0.960 bits per heavy atom. The van der Waals surface area contributed by atoms with E-state index in [1.54, 1.807) is 39.0 Å². The largest absolute Gasteiger partial charge is 0.489 e. The van der Waals surface area contributed by atoms with E-state index in [2.05, 4.69) is 0 Å². The predicted molar refractivity (Wildman–Crippen MR) is 94.5 cm³/mol. The average molecular weight is 344 g/mol. The Morgan fingerprint density at radius 2 is 1.60 bits per heavy atom. The minimum atomic E-state index is -0.558. The van der Waals surface area contributed by atoms with Crippen molar-refractivity contribution in [3.05, 3.63) is 59.7 Å². The van der Waals surface area contributed by atoms with Gasteiger partial charge in [-0.05, 0) is 44.0 Å². The van der Waals surface area contributed by atoms with E-state index in [9.17, 15) is 9.90 Å².